The number of nitrogens with zero attached hydrogens (tertiary/aromatic N) is 2. The van der Waals surface area contributed by atoms with E-state index in [-0.39, 0.29) is 6.04 Å². The van der Waals surface area contributed by atoms with E-state index in [0.717, 1.165) is 5.56 Å². The van der Waals surface area contributed by atoms with Crippen LogP contribution in [0.4, 0.5) is 0 Å². The summed E-state index contributed by atoms with van der Waals surface area (Å²) in [6, 6.07) is 6.88. The number of hydrogen-bond donors (Lipinski definition) is 2. The second-order valence-corrected chi connectivity index (χ2v) is 10.1. The molecule has 2 N–H and O–H groups in total. The maximum Gasteiger partial charge on any atom is 0.243 e. The van der Waals surface area contributed by atoms with Gasteiger partial charge in [-0.25, -0.2) is 8.42 Å². The van der Waals surface area contributed by atoms with Crippen LogP contribution in [-0.4, -0.2) is 58.1 Å². The van der Waals surface area contributed by atoms with Gasteiger partial charge < -0.3 is 15.4 Å². The molecule has 1 aliphatic carbocycles. The van der Waals surface area contributed by atoms with Crippen molar-refractivity contribution in [2.75, 3.05) is 27.2 Å². The molecule has 170 valence electrons. The summed E-state index contributed by atoms with van der Waals surface area (Å²) in [5, 5.41) is 6.53. The van der Waals surface area contributed by atoms with Crippen LogP contribution in [0.15, 0.2) is 34.2 Å². The van der Waals surface area contributed by atoms with E-state index in [0.29, 0.717) is 36.7 Å². The van der Waals surface area contributed by atoms with E-state index in [1.165, 1.54) is 42.8 Å². The fourth-order valence-corrected chi connectivity index (χ4v) is 4.80. The van der Waals surface area contributed by atoms with Crippen LogP contribution in [0.1, 0.15) is 57.9 Å². The summed E-state index contributed by atoms with van der Waals surface area (Å²) in [5.41, 5.74) is 0.985. The molecule has 8 heteroatoms. The summed E-state index contributed by atoms with van der Waals surface area (Å²) in [7, 11) is -0.118. The zero-order chi connectivity index (χ0) is 22.0. The van der Waals surface area contributed by atoms with Crippen molar-refractivity contribution in [3.05, 3.63) is 29.8 Å². The molecule has 0 bridgehead atoms. The van der Waals surface area contributed by atoms with E-state index in [2.05, 4.69) is 15.6 Å². The standard InChI is InChI=1S/C22H38N4O3S/c1-18(2)26(4)30(27,28)21-13-11-19(12-14-21)17-25-22(23-3)24-15-16-29-20-9-7-5-6-8-10-20/h11-14,18,20H,5-10,15-17H2,1-4H3,(H2,23,24,25). The average molecular weight is 439 g/mol. The molecule has 1 saturated carbocycles. The van der Waals surface area contributed by atoms with Crippen molar-refractivity contribution < 1.29 is 13.2 Å². The van der Waals surface area contributed by atoms with Crippen LogP contribution in [0.2, 0.25) is 0 Å². The monoisotopic (exact) mass is 438 g/mol. The van der Waals surface area contributed by atoms with E-state index in [4.69, 9.17) is 4.74 Å². The number of hydrogen-bond acceptors (Lipinski definition) is 4. The summed E-state index contributed by atoms with van der Waals surface area (Å²) in [6.45, 7) is 5.64. The first-order chi connectivity index (χ1) is 14.3. The molecule has 0 heterocycles. The molecule has 0 saturated heterocycles. The predicted molar refractivity (Wildman–Crippen MR) is 122 cm³/mol. The van der Waals surface area contributed by atoms with Crippen LogP contribution in [0, 0.1) is 0 Å². The minimum atomic E-state index is -3.45. The SMILES string of the molecule is CN=C(NCCOC1CCCCCC1)NCc1ccc(S(=O)(=O)N(C)C(C)C)cc1. The van der Waals surface area contributed by atoms with Gasteiger partial charge in [0, 0.05) is 33.2 Å². The molecule has 0 unspecified atom stereocenters. The third kappa shape index (κ3) is 7.56. The second kappa shape index (κ2) is 12.3. The molecule has 0 aromatic heterocycles. The highest BCUT2D eigenvalue weighted by molar-refractivity contribution is 7.89. The summed E-state index contributed by atoms with van der Waals surface area (Å²) in [6.07, 6.45) is 7.95. The molecule has 1 aromatic carbocycles. The van der Waals surface area contributed by atoms with E-state index in [1.54, 1.807) is 26.2 Å². The number of benzene rings is 1. The molecule has 1 fully saturated rings. The molecule has 2 rings (SSSR count). The van der Waals surface area contributed by atoms with Gasteiger partial charge in [0.05, 0.1) is 17.6 Å². The van der Waals surface area contributed by atoms with Crippen LogP contribution >= 0.6 is 0 Å². The van der Waals surface area contributed by atoms with Gasteiger partial charge in [0.25, 0.3) is 0 Å². The third-order valence-electron chi connectivity index (χ3n) is 5.56. The Bertz CT molecular complexity index is 755. The van der Waals surface area contributed by atoms with Gasteiger partial charge in [0.2, 0.25) is 10.0 Å². The molecule has 1 aliphatic rings. The van der Waals surface area contributed by atoms with Crippen molar-refractivity contribution in [1.82, 2.24) is 14.9 Å². The molecule has 0 aliphatic heterocycles. The Morgan fingerprint density at radius 1 is 1.13 bits per heavy atom. The lowest BCUT2D eigenvalue weighted by molar-refractivity contribution is 0.0468. The third-order valence-corrected chi connectivity index (χ3v) is 7.61. The van der Waals surface area contributed by atoms with Crippen molar-refractivity contribution in [2.24, 2.45) is 4.99 Å². The van der Waals surface area contributed by atoms with E-state index in [9.17, 15) is 8.42 Å². The Morgan fingerprint density at radius 2 is 1.77 bits per heavy atom. The summed E-state index contributed by atoms with van der Waals surface area (Å²) < 4.78 is 32.5. The minimum absolute atomic E-state index is 0.0859. The molecule has 0 spiro atoms. The van der Waals surface area contributed by atoms with Crippen molar-refractivity contribution in [2.45, 2.75) is 76.0 Å². The molecule has 1 aromatic rings. The van der Waals surface area contributed by atoms with Gasteiger partial charge in [0.15, 0.2) is 5.96 Å². The maximum atomic E-state index is 12.5. The number of rotatable bonds is 9. The van der Waals surface area contributed by atoms with Gasteiger partial charge in [-0.1, -0.05) is 37.8 Å². The topological polar surface area (TPSA) is 83.0 Å². The molecule has 0 amide bonds. The van der Waals surface area contributed by atoms with Crippen LogP contribution in [0.25, 0.3) is 0 Å². The van der Waals surface area contributed by atoms with Crippen LogP contribution in [0.3, 0.4) is 0 Å². The first kappa shape index (κ1) is 24.6. The van der Waals surface area contributed by atoms with Crippen molar-refractivity contribution in [1.29, 1.82) is 0 Å². The van der Waals surface area contributed by atoms with Crippen LogP contribution in [-0.2, 0) is 21.3 Å². The Morgan fingerprint density at radius 3 is 2.33 bits per heavy atom. The average Bonchev–Trinajstić information content (AvgIpc) is 3.01. The van der Waals surface area contributed by atoms with Gasteiger partial charge >= 0.3 is 0 Å². The molecule has 0 radical (unpaired) electrons. The number of sulfonamides is 1. The molecular weight excluding hydrogens is 400 g/mol. The maximum absolute atomic E-state index is 12.5. The van der Waals surface area contributed by atoms with Crippen molar-refractivity contribution in [3.63, 3.8) is 0 Å². The summed E-state index contributed by atoms with van der Waals surface area (Å²) in [4.78, 5) is 4.54. The van der Waals surface area contributed by atoms with Gasteiger partial charge in [-0.3, -0.25) is 4.99 Å². The lowest BCUT2D eigenvalue weighted by Crippen LogP contribution is -2.39. The Balaban J connectivity index is 1.76. The van der Waals surface area contributed by atoms with Crippen LogP contribution < -0.4 is 10.6 Å². The highest BCUT2D eigenvalue weighted by atomic mass is 32.2. The largest absolute Gasteiger partial charge is 0.376 e. The van der Waals surface area contributed by atoms with E-state index < -0.39 is 10.0 Å². The highest BCUT2D eigenvalue weighted by Crippen LogP contribution is 2.19. The Hall–Kier alpha value is -1.64. The Kier molecular flexibility index (Phi) is 10.1. The predicted octanol–water partition coefficient (Wildman–Crippen LogP) is 3.12. The summed E-state index contributed by atoms with van der Waals surface area (Å²) >= 11 is 0. The zero-order valence-corrected chi connectivity index (χ0v) is 19.7. The second-order valence-electron chi connectivity index (χ2n) is 8.10. The number of nitrogens with one attached hydrogen (secondary N) is 2. The van der Waals surface area contributed by atoms with Gasteiger partial charge in [-0.15, -0.1) is 0 Å². The van der Waals surface area contributed by atoms with Crippen molar-refractivity contribution >= 4 is 16.0 Å². The van der Waals surface area contributed by atoms with E-state index >= 15 is 0 Å². The lowest BCUT2D eigenvalue weighted by Gasteiger charge is -2.21. The van der Waals surface area contributed by atoms with Crippen molar-refractivity contribution in [3.8, 4) is 0 Å². The Labute approximate surface area is 182 Å². The highest BCUT2D eigenvalue weighted by Gasteiger charge is 2.22. The number of ether oxygens (including phenoxy) is 1. The van der Waals surface area contributed by atoms with Gasteiger partial charge in [-0.2, -0.15) is 4.31 Å². The van der Waals surface area contributed by atoms with Gasteiger partial charge in [0.1, 0.15) is 0 Å². The molecular formula is C22H38N4O3S. The first-order valence-corrected chi connectivity index (χ1v) is 12.4. The quantitative estimate of drug-likeness (QED) is 0.268. The lowest BCUT2D eigenvalue weighted by atomic mass is 10.1. The zero-order valence-electron chi connectivity index (χ0n) is 18.9. The summed E-state index contributed by atoms with van der Waals surface area (Å²) in [5.74, 6) is 0.704. The number of guanidine groups is 1. The van der Waals surface area contributed by atoms with Gasteiger partial charge in [-0.05, 0) is 44.4 Å². The normalized spacial score (nSPS) is 16.7. The molecule has 30 heavy (non-hydrogen) atoms. The van der Waals surface area contributed by atoms with E-state index in [1.807, 2.05) is 26.0 Å². The fraction of sp³-hybridized carbons (Fsp3) is 0.682. The first-order valence-electron chi connectivity index (χ1n) is 11.0. The fourth-order valence-electron chi connectivity index (χ4n) is 3.43. The van der Waals surface area contributed by atoms with Crippen LogP contribution in [0.5, 0.6) is 0 Å². The number of aliphatic imine (C=N–C) groups is 1. The minimum Gasteiger partial charge on any atom is -0.376 e. The smallest absolute Gasteiger partial charge is 0.243 e. The molecule has 7 nitrogen and oxygen atoms in total. The molecule has 0 atom stereocenters.